The van der Waals surface area contributed by atoms with Gasteiger partial charge in [0, 0.05) is 47.9 Å². The smallest absolute Gasteiger partial charge is 0.253 e. The molecule has 4 bridgehead atoms. The molecule has 2 heterocycles. The maximum atomic E-state index is 14.9. The molecule has 1 aromatic heterocycles. The maximum absolute atomic E-state index is 14.9. The number of nitrogens with zero attached hydrogens (tertiary/aromatic N) is 2. The molecule has 49 heavy (non-hydrogen) atoms. The van der Waals surface area contributed by atoms with Crippen molar-refractivity contribution in [1.82, 2.24) is 20.5 Å². The zero-order valence-corrected chi connectivity index (χ0v) is 28.2. The number of nitrogens with one attached hydrogen (secondary N) is 2. The Balaban J connectivity index is 1.33. The lowest BCUT2D eigenvalue weighted by Gasteiger charge is -2.28. The Morgan fingerprint density at radius 2 is 1.88 bits per heavy atom. The molecular formula is C39H45FN4O5. The Kier molecular flexibility index (Phi) is 10.7. The molecule has 4 aromatic rings. The number of benzene rings is 3. The second kappa shape index (κ2) is 15.3. The molecule has 10 heteroatoms. The van der Waals surface area contributed by atoms with E-state index in [0.29, 0.717) is 55.0 Å². The van der Waals surface area contributed by atoms with Gasteiger partial charge in [0.2, 0.25) is 5.89 Å². The van der Waals surface area contributed by atoms with Crippen molar-refractivity contribution in [2.45, 2.75) is 76.5 Å². The summed E-state index contributed by atoms with van der Waals surface area (Å²) in [5.74, 6) is -0.482. The minimum absolute atomic E-state index is 0.149. The summed E-state index contributed by atoms with van der Waals surface area (Å²) in [6.07, 6.45) is 6.99. The lowest BCUT2D eigenvalue weighted by Crippen LogP contribution is -2.50. The molecule has 9 nitrogen and oxygen atoms in total. The van der Waals surface area contributed by atoms with Gasteiger partial charge in [0.1, 0.15) is 17.8 Å². The number of carbonyl (C=O) groups excluding carboxylic acids is 2. The van der Waals surface area contributed by atoms with E-state index in [1.54, 1.807) is 29.2 Å². The van der Waals surface area contributed by atoms with E-state index in [0.717, 1.165) is 25.7 Å². The van der Waals surface area contributed by atoms with E-state index in [9.17, 15) is 19.1 Å². The van der Waals surface area contributed by atoms with Crippen molar-refractivity contribution < 1.29 is 28.2 Å². The van der Waals surface area contributed by atoms with Crippen LogP contribution in [0.15, 0.2) is 77.5 Å². The molecule has 1 fully saturated rings. The fourth-order valence-corrected chi connectivity index (χ4v) is 6.57. The number of aliphatic hydroxyl groups is 1. The number of aromatic nitrogens is 1. The Bertz CT molecular complexity index is 1760. The summed E-state index contributed by atoms with van der Waals surface area (Å²) in [7, 11) is 0. The number of hydrogen-bond donors (Lipinski definition) is 3. The summed E-state index contributed by atoms with van der Waals surface area (Å²) in [6.45, 7) is 5.74. The van der Waals surface area contributed by atoms with Crippen LogP contribution >= 0.6 is 0 Å². The number of fused-ring (bicyclic) bond motifs is 4. The van der Waals surface area contributed by atoms with Crippen molar-refractivity contribution in [2.24, 2.45) is 0 Å². The summed E-state index contributed by atoms with van der Waals surface area (Å²) in [6, 6.07) is 17.1. The number of aliphatic hydroxyl groups excluding tert-OH is 1. The molecule has 0 unspecified atom stereocenters. The van der Waals surface area contributed by atoms with Crippen LogP contribution in [0.4, 0.5) is 4.39 Å². The molecule has 2 aliphatic rings. The minimum atomic E-state index is -1.03. The van der Waals surface area contributed by atoms with E-state index in [4.69, 9.17) is 9.15 Å². The summed E-state index contributed by atoms with van der Waals surface area (Å²) in [5, 5.41) is 18.3. The first-order chi connectivity index (χ1) is 23.8. The summed E-state index contributed by atoms with van der Waals surface area (Å²) < 4.78 is 26.3. The third-order valence-corrected chi connectivity index (χ3v) is 9.45. The molecule has 1 saturated carbocycles. The third kappa shape index (κ3) is 8.37. The van der Waals surface area contributed by atoms with Gasteiger partial charge in [-0.2, -0.15) is 0 Å². The van der Waals surface area contributed by atoms with E-state index in [1.807, 2.05) is 6.92 Å². The Morgan fingerprint density at radius 3 is 2.63 bits per heavy atom. The maximum Gasteiger partial charge on any atom is 0.253 e. The first-order valence-electron chi connectivity index (χ1n) is 17.4. The second-order valence-electron chi connectivity index (χ2n) is 13.1. The van der Waals surface area contributed by atoms with Gasteiger partial charge in [-0.25, -0.2) is 9.37 Å². The largest absolute Gasteiger partial charge is 0.493 e. The van der Waals surface area contributed by atoms with Crippen molar-refractivity contribution in [3.63, 3.8) is 0 Å². The highest BCUT2D eigenvalue weighted by Crippen LogP contribution is 2.45. The van der Waals surface area contributed by atoms with Crippen LogP contribution < -0.4 is 15.4 Å². The van der Waals surface area contributed by atoms with Gasteiger partial charge in [0.15, 0.2) is 0 Å². The Labute approximate surface area is 286 Å². The average molecular weight is 669 g/mol. The number of hydrogen-bond acceptors (Lipinski definition) is 7. The van der Waals surface area contributed by atoms with Crippen molar-refractivity contribution in [1.29, 1.82) is 0 Å². The van der Waals surface area contributed by atoms with E-state index in [2.05, 4.69) is 46.8 Å². The lowest BCUT2D eigenvalue weighted by molar-refractivity contribution is 0.0750. The van der Waals surface area contributed by atoms with Crippen molar-refractivity contribution >= 4 is 11.8 Å². The number of ether oxygens (including phenoxy) is 1. The summed E-state index contributed by atoms with van der Waals surface area (Å²) >= 11 is 0. The molecule has 6 rings (SSSR count). The highest BCUT2D eigenvalue weighted by molar-refractivity contribution is 6.01. The Hall–Kier alpha value is -4.54. The van der Waals surface area contributed by atoms with E-state index >= 15 is 0 Å². The second-order valence-corrected chi connectivity index (χ2v) is 13.1. The number of halogens is 1. The normalized spacial score (nSPS) is 18.7. The standard InChI is InChI=1S/C39H45FN4O5/c1-3-13-44-14-5-6-15-48-33-19-27(18-32(40)24-33)20-34(35(45)25-42-39(10-11-39)31-9-7-8-26(4-2)17-31)43-36(46)28-21-29(37-41-12-16-49-37)23-30(22-28)38(44)47/h7-9,12,16-19,21-24,34-35,42,45H,3-6,10-11,13-15,20,25H2,1-2H3,(H,43,46)/t34-,35+/m0/s1. The van der Waals surface area contributed by atoms with E-state index in [-0.39, 0.29) is 35.9 Å². The first-order valence-corrected chi connectivity index (χ1v) is 17.4. The zero-order valence-electron chi connectivity index (χ0n) is 28.2. The monoisotopic (exact) mass is 668 g/mol. The number of amides is 2. The van der Waals surface area contributed by atoms with Crippen LogP contribution in [0.1, 0.15) is 83.4 Å². The van der Waals surface area contributed by atoms with Crippen LogP contribution in [0.5, 0.6) is 5.75 Å². The summed E-state index contributed by atoms with van der Waals surface area (Å²) in [5.41, 5.74) is 3.83. The molecule has 0 spiro atoms. The number of rotatable bonds is 9. The number of carbonyl (C=O) groups is 2. The minimum Gasteiger partial charge on any atom is -0.493 e. The number of aryl methyl sites for hydroxylation is 1. The summed E-state index contributed by atoms with van der Waals surface area (Å²) in [4.78, 5) is 34.0. The topological polar surface area (TPSA) is 117 Å². The van der Waals surface area contributed by atoms with Gasteiger partial charge < -0.3 is 29.8 Å². The van der Waals surface area contributed by atoms with Crippen molar-refractivity contribution in [3.05, 3.63) is 107 Å². The molecule has 1 aliphatic heterocycles. The van der Waals surface area contributed by atoms with Crippen LogP contribution in [-0.2, 0) is 18.4 Å². The van der Waals surface area contributed by atoms with Crippen LogP contribution in [0.25, 0.3) is 11.5 Å². The van der Waals surface area contributed by atoms with Gasteiger partial charge in [0.25, 0.3) is 11.8 Å². The molecule has 0 saturated heterocycles. The fourth-order valence-electron chi connectivity index (χ4n) is 6.57. The highest BCUT2D eigenvalue weighted by atomic mass is 19.1. The molecule has 1 aliphatic carbocycles. The van der Waals surface area contributed by atoms with Crippen LogP contribution in [0, 0.1) is 5.82 Å². The third-order valence-electron chi connectivity index (χ3n) is 9.45. The zero-order chi connectivity index (χ0) is 34.4. The van der Waals surface area contributed by atoms with Gasteiger partial charge in [-0.1, -0.05) is 38.1 Å². The SMILES string of the molecule is CCCN1CCCCOc2cc(F)cc(c2)C[C@@H]([C@H](O)CNC2(c3cccc(CC)c3)CC2)NC(=O)c2cc(cc(-c3ncco3)c2)C1=O. The van der Waals surface area contributed by atoms with Crippen molar-refractivity contribution in [3.8, 4) is 17.2 Å². The molecule has 0 radical (unpaired) electrons. The van der Waals surface area contributed by atoms with Gasteiger partial charge in [0.05, 0.1) is 24.9 Å². The van der Waals surface area contributed by atoms with Gasteiger partial charge in [-0.3, -0.25) is 9.59 Å². The van der Waals surface area contributed by atoms with Crippen LogP contribution in [0.2, 0.25) is 0 Å². The fraction of sp³-hybridized carbons (Fsp3) is 0.410. The predicted octanol–water partition coefficient (Wildman–Crippen LogP) is 6.05. The average Bonchev–Trinajstić information content (AvgIpc) is 3.70. The van der Waals surface area contributed by atoms with Gasteiger partial charge in [-0.15, -0.1) is 0 Å². The first kappa shape index (κ1) is 34.3. The molecular weight excluding hydrogens is 623 g/mol. The quantitative estimate of drug-likeness (QED) is 0.199. The van der Waals surface area contributed by atoms with E-state index < -0.39 is 23.9 Å². The van der Waals surface area contributed by atoms with Gasteiger partial charge >= 0.3 is 0 Å². The van der Waals surface area contributed by atoms with Crippen LogP contribution in [0.3, 0.4) is 0 Å². The molecule has 2 atom stereocenters. The number of oxazole rings is 1. The molecule has 258 valence electrons. The van der Waals surface area contributed by atoms with Crippen LogP contribution in [-0.4, -0.2) is 65.2 Å². The van der Waals surface area contributed by atoms with Gasteiger partial charge in [-0.05, 0) is 92.0 Å². The highest BCUT2D eigenvalue weighted by Gasteiger charge is 2.44. The predicted molar refractivity (Wildman–Crippen MR) is 185 cm³/mol. The molecule has 2 amide bonds. The van der Waals surface area contributed by atoms with E-state index in [1.165, 1.54) is 35.7 Å². The molecule has 3 N–H and O–H groups in total. The lowest BCUT2D eigenvalue weighted by atomic mass is 9.97. The molecule has 3 aromatic carbocycles. The Morgan fingerprint density at radius 1 is 1.06 bits per heavy atom. The van der Waals surface area contributed by atoms with Crippen molar-refractivity contribution in [2.75, 3.05) is 26.2 Å².